The molecule has 0 atom stereocenters. The minimum absolute atomic E-state index is 0.626. The van der Waals surface area contributed by atoms with Crippen LogP contribution in [0.15, 0.2) is 36.4 Å². The summed E-state index contributed by atoms with van der Waals surface area (Å²) < 4.78 is 2.68. The van der Waals surface area contributed by atoms with Crippen LogP contribution < -0.4 is 0 Å². The van der Waals surface area contributed by atoms with Crippen molar-refractivity contribution in [2.75, 3.05) is 0 Å². The van der Waals surface area contributed by atoms with Crippen molar-refractivity contribution in [2.24, 2.45) is 0 Å². The zero-order chi connectivity index (χ0) is 22.1. The van der Waals surface area contributed by atoms with Gasteiger partial charge in [-0.3, -0.25) is 0 Å². The summed E-state index contributed by atoms with van der Waals surface area (Å²) >= 11 is 7.40. The fraction of sp³-hybridized carbons (Fsp3) is 0.429. The molecule has 1 aliphatic carbocycles. The number of alkyl halides is 2. The quantitative estimate of drug-likeness (QED) is 0.283. The molecule has 1 fully saturated rings. The average molecular weight is 543 g/mol. The first-order chi connectivity index (χ1) is 15.0. The smallest absolute Gasteiger partial charge is 0.0336 e. The number of nitrogens with zero attached hydrogens (tertiary/aromatic N) is 1. The van der Waals surface area contributed by atoms with Gasteiger partial charge in [-0.15, -0.1) is 0 Å². The van der Waals surface area contributed by atoms with Crippen LogP contribution >= 0.6 is 31.9 Å². The maximum absolute atomic E-state index is 3.70. The van der Waals surface area contributed by atoms with E-state index in [2.05, 4.69) is 101 Å². The van der Waals surface area contributed by atoms with Crippen LogP contribution in [0.5, 0.6) is 0 Å². The third kappa shape index (κ3) is 4.09. The fourth-order valence-electron chi connectivity index (χ4n) is 5.60. The Kier molecular flexibility index (Phi) is 7.13. The normalized spacial score (nSPS) is 14.9. The molecule has 3 aromatic rings. The Morgan fingerprint density at radius 2 is 1.16 bits per heavy atom. The summed E-state index contributed by atoms with van der Waals surface area (Å²) in [5, 5.41) is 1.78. The lowest BCUT2D eigenvalue weighted by atomic mass is 9.88. The zero-order valence-corrected chi connectivity index (χ0v) is 22.4. The highest BCUT2D eigenvalue weighted by molar-refractivity contribution is 9.08. The van der Waals surface area contributed by atoms with Crippen LogP contribution in [0.3, 0.4) is 0 Å². The summed E-state index contributed by atoms with van der Waals surface area (Å²) in [4.78, 5) is 0. The van der Waals surface area contributed by atoms with Crippen molar-refractivity contribution in [2.45, 2.75) is 76.5 Å². The van der Waals surface area contributed by atoms with Crippen LogP contribution in [0.2, 0.25) is 0 Å². The van der Waals surface area contributed by atoms with E-state index in [0.29, 0.717) is 6.04 Å². The molecule has 3 heteroatoms. The first-order valence-corrected chi connectivity index (χ1v) is 13.7. The van der Waals surface area contributed by atoms with Crippen LogP contribution in [0.1, 0.15) is 71.8 Å². The molecule has 2 aromatic carbocycles. The topological polar surface area (TPSA) is 4.93 Å². The summed E-state index contributed by atoms with van der Waals surface area (Å²) in [5.74, 6) is 0. The van der Waals surface area contributed by atoms with Crippen molar-refractivity contribution in [1.82, 2.24) is 4.57 Å². The van der Waals surface area contributed by atoms with Crippen molar-refractivity contribution in [3.05, 3.63) is 70.0 Å². The molecule has 0 radical (unpaired) electrons. The standard InChI is InChI=1S/C28H33Br2N/c1-18-22(16-29)10-8-14-25(18)27-20(3)31(24-12-6-5-7-13-24)21(4)28(27)26-15-9-11-23(17-30)19(26)2/h8-11,14-15,24H,5-7,12-13,16-17H2,1-4H3. The van der Waals surface area contributed by atoms with Crippen molar-refractivity contribution in [3.8, 4) is 22.3 Å². The highest BCUT2D eigenvalue weighted by Gasteiger charge is 2.27. The minimum atomic E-state index is 0.626. The predicted molar refractivity (Wildman–Crippen MR) is 142 cm³/mol. The van der Waals surface area contributed by atoms with Crippen molar-refractivity contribution < 1.29 is 0 Å². The van der Waals surface area contributed by atoms with Gasteiger partial charge in [0.2, 0.25) is 0 Å². The van der Waals surface area contributed by atoms with E-state index >= 15 is 0 Å². The molecule has 0 amide bonds. The lowest BCUT2D eigenvalue weighted by molar-refractivity contribution is 0.346. The SMILES string of the molecule is Cc1c(CBr)cccc1-c1c(-c2cccc(CBr)c2C)c(C)n(C2CCCCC2)c1C. The van der Waals surface area contributed by atoms with Gasteiger partial charge in [0.25, 0.3) is 0 Å². The van der Waals surface area contributed by atoms with Gasteiger partial charge in [-0.25, -0.2) is 0 Å². The summed E-state index contributed by atoms with van der Waals surface area (Å²) in [5.41, 5.74) is 14.0. The largest absolute Gasteiger partial charge is 0.345 e. The van der Waals surface area contributed by atoms with Crippen LogP contribution in [-0.4, -0.2) is 4.57 Å². The molecule has 0 spiro atoms. The minimum Gasteiger partial charge on any atom is -0.345 e. The number of hydrogen-bond donors (Lipinski definition) is 0. The Labute approximate surface area is 204 Å². The zero-order valence-electron chi connectivity index (χ0n) is 19.2. The molecule has 0 unspecified atom stereocenters. The van der Waals surface area contributed by atoms with Crippen LogP contribution in [0.4, 0.5) is 0 Å². The Hall–Kier alpha value is -1.32. The summed E-state index contributed by atoms with van der Waals surface area (Å²) in [6.45, 7) is 9.27. The number of aromatic nitrogens is 1. The molecule has 1 saturated carbocycles. The van der Waals surface area contributed by atoms with E-state index in [4.69, 9.17) is 0 Å². The van der Waals surface area contributed by atoms with Crippen LogP contribution in [0.25, 0.3) is 22.3 Å². The maximum Gasteiger partial charge on any atom is 0.0336 e. The second-order valence-electron chi connectivity index (χ2n) is 9.03. The number of rotatable bonds is 5. The summed E-state index contributed by atoms with van der Waals surface area (Å²) in [7, 11) is 0. The molecule has 0 saturated heterocycles. The third-order valence-electron chi connectivity index (χ3n) is 7.35. The Morgan fingerprint density at radius 3 is 1.58 bits per heavy atom. The molecule has 164 valence electrons. The molecular formula is C28H33Br2N. The Bertz CT molecular complexity index is 1010. The van der Waals surface area contributed by atoms with Gasteiger partial charge in [-0.05, 0) is 73.9 Å². The van der Waals surface area contributed by atoms with Crippen molar-refractivity contribution in [3.63, 3.8) is 0 Å². The van der Waals surface area contributed by atoms with Crippen LogP contribution in [0, 0.1) is 27.7 Å². The molecular weight excluding hydrogens is 510 g/mol. The van der Waals surface area contributed by atoms with E-state index in [1.165, 1.54) is 88.0 Å². The molecule has 0 bridgehead atoms. The van der Waals surface area contributed by atoms with Crippen molar-refractivity contribution in [1.29, 1.82) is 0 Å². The second kappa shape index (κ2) is 9.67. The summed E-state index contributed by atoms with van der Waals surface area (Å²) in [6.07, 6.45) is 6.69. The van der Waals surface area contributed by atoms with Gasteiger partial charge in [0.15, 0.2) is 0 Å². The molecule has 0 aliphatic heterocycles. The molecule has 0 N–H and O–H groups in total. The van der Waals surface area contributed by atoms with E-state index < -0.39 is 0 Å². The molecule has 1 heterocycles. The average Bonchev–Trinajstić information content (AvgIpc) is 3.04. The number of hydrogen-bond acceptors (Lipinski definition) is 0. The van der Waals surface area contributed by atoms with Gasteiger partial charge in [0.05, 0.1) is 0 Å². The van der Waals surface area contributed by atoms with Gasteiger partial charge >= 0.3 is 0 Å². The highest BCUT2D eigenvalue weighted by Crippen LogP contribution is 2.45. The molecule has 1 aliphatic rings. The maximum atomic E-state index is 3.70. The van der Waals surface area contributed by atoms with E-state index in [1.54, 1.807) is 0 Å². The number of halogens is 2. The van der Waals surface area contributed by atoms with Gasteiger partial charge in [-0.2, -0.15) is 0 Å². The molecule has 31 heavy (non-hydrogen) atoms. The predicted octanol–water partition coefficient (Wildman–Crippen LogP) is 9.35. The molecule has 1 aromatic heterocycles. The van der Waals surface area contributed by atoms with E-state index in [9.17, 15) is 0 Å². The summed E-state index contributed by atoms with van der Waals surface area (Å²) in [6, 6.07) is 14.2. The molecule has 1 nitrogen and oxygen atoms in total. The van der Waals surface area contributed by atoms with Crippen molar-refractivity contribution >= 4 is 31.9 Å². The third-order valence-corrected chi connectivity index (χ3v) is 8.56. The van der Waals surface area contributed by atoms with E-state index in [0.717, 1.165) is 10.7 Å². The van der Waals surface area contributed by atoms with Gasteiger partial charge in [-0.1, -0.05) is 87.5 Å². The second-order valence-corrected chi connectivity index (χ2v) is 10.2. The van der Waals surface area contributed by atoms with Crippen LogP contribution in [-0.2, 0) is 10.7 Å². The van der Waals surface area contributed by atoms with Gasteiger partial charge in [0, 0.05) is 39.2 Å². The van der Waals surface area contributed by atoms with E-state index in [1.807, 2.05) is 0 Å². The monoisotopic (exact) mass is 541 g/mol. The van der Waals surface area contributed by atoms with E-state index in [-0.39, 0.29) is 0 Å². The highest BCUT2D eigenvalue weighted by atomic mass is 79.9. The number of benzene rings is 2. The lowest BCUT2D eigenvalue weighted by Crippen LogP contribution is -2.15. The van der Waals surface area contributed by atoms with Gasteiger partial charge in [0.1, 0.15) is 0 Å². The van der Waals surface area contributed by atoms with Gasteiger partial charge < -0.3 is 4.57 Å². The fourth-order valence-corrected chi connectivity index (χ4v) is 6.81. The first kappa shape index (κ1) is 22.9. The Balaban J connectivity index is 2.04. The Morgan fingerprint density at radius 1 is 0.710 bits per heavy atom. The molecule has 4 rings (SSSR count). The lowest BCUT2D eigenvalue weighted by Gasteiger charge is -2.26. The first-order valence-electron chi connectivity index (χ1n) is 11.5.